The van der Waals surface area contributed by atoms with Crippen LogP contribution in [0.3, 0.4) is 0 Å². The second-order valence-electron chi connectivity index (χ2n) is 5.41. The molecule has 7 heteroatoms. The van der Waals surface area contributed by atoms with Gasteiger partial charge >= 0.3 is 0 Å². The minimum Gasteiger partial charge on any atom is -0.493 e. The highest BCUT2D eigenvalue weighted by Gasteiger charge is 2.08. The lowest BCUT2D eigenvalue weighted by molar-refractivity contribution is 0.354. The van der Waals surface area contributed by atoms with Crippen LogP contribution in [0, 0.1) is 0 Å². The van der Waals surface area contributed by atoms with Gasteiger partial charge in [0.15, 0.2) is 17.5 Å². The van der Waals surface area contributed by atoms with Crippen LogP contribution >= 0.6 is 35.3 Å². The molecule has 0 aliphatic heterocycles. The summed E-state index contributed by atoms with van der Waals surface area (Å²) in [6.07, 6.45) is 0. The van der Waals surface area contributed by atoms with Gasteiger partial charge < -0.3 is 20.1 Å². The molecule has 0 amide bonds. The Morgan fingerprint density at radius 1 is 1.16 bits per heavy atom. The van der Waals surface area contributed by atoms with Crippen molar-refractivity contribution < 1.29 is 9.47 Å². The van der Waals surface area contributed by atoms with E-state index in [1.165, 1.54) is 4.88 Å². The molecule has 0 bridgehead atoms. The number of halogens is 1. The zero-order chi connectivity index (χ0) is 17.4. The number of benzene rings is 1. The molecule has 1 aromatic heterocycles. The third kappa shape index (κ3) is 6.39. The largest absolute Gasteiger partial charge is 0.493 e. The van der Waals surface area contributed by atoms with Crippen LogP contribution in [0.15, 0.2) is 40.7 Å². The van der Waals surface area contributed by atoms with Crippen LogP contribution < -0.4 is 20.1 Å². The molecule has 0 aliphatic carbocycles. The molecule has 0 saturated carbocycles. The van der Waals surface area contributed by atoms with Gasteiger partial charge in [-0.2, -0.15) is 0 Å². The molecule has 25 heavy (non-hydrogen) atoms. The molecule has 0 fully saturated rings. The first kappa shape index (κ1) is 21.6. The van der Waals surface area contributed by atoms with E-state index in [9.17, 15) is 0 Å². The maximum absolute atomic E-state index is 5.33. The molecule has 0 radical (unpaired) electrons. The lowest BCUT2D eigenvalue weighted by Gasteiger charge is -2.16. The second-order valence-corrected chi connectivity index (χ2v) is 6.39. The summed E-state index contributed by atoms with van der Waals surface area (Å²) in [6, 6.07) is 10.1. The third-order valence-corrected chi connectivity index (χ3v) is 4.84. The van der Waals surface area contributed by atoms with Crippen molar-refractivity contribution in [3.05, 3.63) is 46.2 Å². The summed E-state index contributed by atoms with van der Waals surface area (Å²) in [5.74, 6) is 2.69. The number of nitrogens with zero attached hydrogens (tertiary/aromatic N) is 1. The fourth-order valence-corrected chi connectivity index (χ4v) is 3.11. The first-order chi connectivity index (χ1) is 11.7. The van der Waals surface area contributed by atoms with Crippen molar-refractivity contribution in [1.29, 1.82) is 0 Å². The standard InChI is InChI=1S/C18H25N3O2S.HI/c1-13(17-6-5-9-24-17)11-20-18(19-2)21-12-14-7-8-15(22-3)16(10-14)23-4;/h5-10,13H,11-12H2,1-4H3,(H2,19,20,21);1H. The lowest BCUT2D eigenvalue weighted by atomic mass is 10.1. The third-order valence-electron chi connectivity index (χ3n) is 3.74. The zero-order valence-corrected chi connectivity index (χ0v) is 18.2. The predicted octanol–water partition coefficient (Wildman–Crippen LogP) is 3.85. The summed E-state index contributed by atoms with van der Waals surface area (Å²) in [7, 11) is 5.05. The molecule has 0 spiro atoms. The molecule has 2 N–H and O–H groups in total. The zero-order valence-electron chi connectivity index (χ0n) is 15.0. The van der Waals surface area contributed by atoms with Crippen LogP contribution in [0.4, 0.5) is 0 Å². The molecule has 1 atom stereocenters. The van der Waals surface area contributed by atoms with Crippen molar-refractivity contribution in [1.82, 2.24) is 10.6 Å². The van der Waals surface area contributed by atoms with Crippen LogP contribution in [-0.2, 0) is 6.54 Å². The van der Waals surface area contributed by atoms with Gasteiger partial charge in [-0.25, -0.2) is 0 Å². The Bertz CT molecular complexity index is 662. The molecule has 1 heterocycles. The summed E-state index contributed by atoms with van der Waals surface area (Å²) in [5, 5.41) is 8.80. The van der Waals surface area contributed by atoms with E-state index in [4.69, 9.17) is 9.47 Å². The topological polar surface area (TPSA) is 54.9 Å². The van der Waals surface area contributed by atoms with Crippen molar-refractivity contribution in [2.24, 2.45) is 4.99 Å². The van der Waals surface area contributed by atoms with E-state index in [2.05, 4.69) is 40.1 Å². The second kappa shape index (κ2) is 11.2. The Balaban J connectivity index is 0.00000312. The van der Waals surface area contributed by atoms with E-state index < -0.39 is 0 Å². The minimum atomic E-state index is 0. The molecule has 138 valence electrons. The molecule has 2 aromatic rings. The highest BCUT2D eigenvalue weighted by atomic mass is 127. The Kier molecular flexibility index (Phi) is 9.66. The maximum Gasteiger partial charge on any atom is 0.191 e. The van der Waals surface area contributed by atoms with Crippen LogP contribution in [0.1, 0.15) is 23.3 Å². The number of aliphatic imine (C=N–C) groups is 1. The number of nitrogens with one attached hydrogen (secondary N) is 2. The normalized spacial score (nSPS) is 12.1. The van der Waals surface area contributed by atoms with Gasteiger partial charge in [-0.3, -0.25) is 4.99 Å². The van der Waals surface area contributed by atoms with Gasteiger partial charge in [0.1, 0.15) is 0 Å². The molecule has 0 aliphatic rings. The van der Waals surface area contributed by atoms with Crippen molar-refractivity contribution in [3.8, 4) is 11.5 Å². The molecule has 1 aromatic carbocycles. The predicted molar refractivity (Wildman–Crippen MR) is 116 cm³/mol. The number of thiophene rings is 1. The van der Waals surface area contributed by atoms with Gasteiger partial charge in [0, 0.05) is 30.9 Å². The lowest BCUT2D eigenvalue weighted by Crippen LogP contribution is -2.38. The summed E-state index contributed by atoms with van der Waals surface area (Å²) in [4.78, 5) is 5.65. The van der Waals surface area contributed by atoms with Crippen LogP contribution in [0.5, 0.6) is 11.5 Å². The van der Waals surface area contributed by atoms with E-state index in [0.29, 0.717) is 12.5 Å². The number of hydrogen-bond acceptors (Lipinski definition) is 4. The Hall–Kier alpha value is -1.48. The summed E-state index contributed by atoms with van der Waals surface area (Å²) in [6.45, 7) is 3.71. The molecule has 5 nitrogen and oxygen atoms in total. The average molecular weight is 475 g/mol. The monoisotopic (exact) mass is 475 g/mol. The van der Waals surface area contributed by atoms with E-state index >= 15 is 0 Å². The smallest absolute Gasteiger partial charge is 0.191 e. The number of hydrogen-bond donors (Lipinski definition) is 2. The molecule has 2 rings (SSSR count). The van der Waals surface area contributed by atoms with Gasteiger partial charge in [0.2, 0.25) is 0 Å². The quantitative estimate of drug-likeness (QED) is 0.363. The molecular weight excluding hydrogens is 449 g/mol. The van der Waals surface area contributed by atoms with Crippen molar-refractivity contribution in [2.45, 2.75) is 19.4 Å². The van der Waals surface area contributed by atoms with Gasteiger partial charge in [0.05, 0.1) is 14.2 Å². The summed E-state index contributed by atoms with van der Waals surface area (Å²) in [5.41, 5.74) is 1.10. The Labute approximate surface area is 170 Å². The minimum absolute atomic E-state index is 0. The number of ether oxygens (including phenoxy) is 2. The highest BCUT2D eigenvalue weighted by molar-refractivity contribution is 14.0. The van der Waals surface area contributed by atoms with Crippen molar-refractivity contribution in [3.63, 3.8) is 0 Å². The van der Waals surface area contributed by atoms with Gasteiger partial charge in [-0.05, 0) is 29.1 Å². The Morgan fingerprint density at radius 2 is 1.92 bits per heavy atom. The van der Waals surface area contributed by atoms with E-state index in [-0.39, 0.29) is 24.0 Å². The van der Waals surface area contributed by atoms with Gasteiger partial charge in [-0.15, -0.1) is 35.3 Å². The summed E-state index contributed by atoms with van der Waals surface area (Å²) >= 11 is 1.78. The number of rotatable bonds is 7. The number of methoxy groups -OCH3 is 2. The highest BCUT2D eigenvalue weighted by Crippen LogP contribution is 2.27. The van der Waals surface area contributed by atoms with Crippen molar-refractivity contribution >= 4 is 41.3 Å². The van der Waals surface area contributed by atoms with E-state index in [1.807, 2.05) is 18.2 Å². The van der Waals surface area contributed by atoms with Crippen LogP contribution in [0.25, 0.3) is 0 Å². The molecule has 1 unspecified atom stereocenters. The van der Waals surface area contributed by atoms with Crippen LogP contribution in [0.2, 0.25) is 0 Å². The first-order valence-corrected chi connectivity index (χ1v) is 8.74. The fraction of sp³-hybridized carbons (Fsp3) is 0.389. The number of guanidine groups is 1. The maximum atomic E-state index is 5.33. The van der Waals surface area contributed by atoms with Gasteiger partial charge in [0.25, 0.3) is 0 Å². The molecule has 0 saturated heterocycles. The van der Waals surface area contributed by atoms with Gasteiger partial charge in [-0.1, -0.05) is 19.1 Å². The first-order valence-electron chi connectivity index (χ1n) is 7.86. The fourth-order valence-electron chi connectivity index (χ4n) is 2.32. The van der Waals surface area contributed by atoms with E-state index in [1.54, 1.807) is 32.6 Å². The Morgan fingerprint density at radius 3 is 2.52 bits per heavy atom. The van der Waals surface area contributed by atoms with E-state index in [0.717, 1.165) is 29.6 Å². The molecular formula is C18H26IN3O2S. The average Bonchev–Trinajstić information content (AvgIpc) is 3.16. The summed E-state index contributed by atoms with van der Waals surface area (Å²) < 4.78 is 10.6. The SMILES string of the molecule is CN=C(NCc1ccc(OC)c(OC)c1)NCC(C)c1cccs1.I. The van der Waals surface area contributed by atoms with Crippen LogP contribution in [-0.4, -0.2) is 33.8 Å². The van der Waals surface area contributed by atoms with Crippen molar-refractivity contribution in [2.75, 3.05) is 27.8 Å².